The van der Waals surface area contributed by atoms with Crippen molar-refractivity contribution in [2.24, 2.45) is 5.41 Å². The molecule has 3 nitrogen and oxygen atoms in total. The summed E-state index contributed by atoms with van der Waals surface area (Å²) in [5, 5.41) is 13.0. The van der Waals surface area contributed by atoms with E-state index in [1.54, 1.807) is 0 Å². The van der Waals surface area contributed by atoms with Gasteiger partial charge < -0.3 is 5.32 Å². The summed E-state index contributed by atoms with van der Waals surface area (Å²) in [6.45, 7) is 13.9. The average Bonchev–Trinajstić information content (AvgIpc) is 2.52. The van der Waals surface area contributed by atoms with Crippen LogP contribution in [0.1, 0.15) is 58.9 Å². The zero-order chi connectivity index (χ0) is 20.4. The van der Waals surface area contributed by atoms with Crippen LogP contribution in [0.5, 0.6) is 0 Å². The van der Waals surface area contributed by atoms with E-state index in [4.69, 9.17) is 0 Å². The number of carbonyl (C=O) groups excluding carboxylic acids is 1. The lowest BCUT2D eigenvalue weighted by Crippen LogP contribution is -2.32. The first-order chi connectivity index (χ1) is 12.5. The molecule has 0 atom stereocenters. The van der Waals surface area contributed by atoms with Crippen LogP contribution in [-0.4, -0.2) is 5.91 Å². The normalized spacial score (nSPS) is 12.2. The number of carbonyl (C=O) groups is 1. The van der Waals surface area contributed by atoms with Crippen LogP contribution >= 0.6 is 0 Å². The van der Waals surface area contributed by atoms with Gasteiger partial charge in [0, 0.05) is 16.7 Å². The van der Waals surface area contributed by atoms with Crippen molar-refractivity contribution in [3.05, 3.63) is 75.5 Å². The zero-order valence-electron chi connectivity index (χ0n) is 17.3. The first-order valence-corrected chi connectivity index (χ1v) is 9.15. The Balaban J connectivity index is 2.62. The first kappa shape index (κ1) is 20.5. The SMILES string of the molecule is Cc1cc(C)cc(C(C#N)=C(NC(=O)c2c(C)cccc2C)C(C)(C)C)c1. The lowest BCUT2D eigenvalue weighted by molar-refractivity contribution is 0.0957. The van der Waals surface area contributed by atoms with Crippen molar-refractivity contribution in [2.45, 2.75) is 48.5 Å². The third-order valence-electron chi connectivity index (χ3n) is 4.57. The van der Waals surface area contributed by atoms with E-state index in [0.29, 0.717) is 16.8 Å². The molecule has 0 fully saturated rings. The van der Waals surface area contributed by atoms with E-state index in [0.717, 1.165) is 27.8 Å². The molecule has 0 aliphatic rings. The highest BCUT2D eigenvalue weighted by molar-refractivity contribution is 5.99. The molecule has 1 N–H and O–H groups in total. The second-order valence-electron chi connectivity index (χ2n) is 8.21. The van der Waals surface area contributed by atoms with Gasteiger partial charge in [0.25, 0.3) is 5.91 Å². The van der Waals surface area contributed by atoms with E-state index < -0.39 is 5.41 Å². The van der Waals surface area contributed by atoms with Crippen molar-refractivity contribution in [3.63, 3.8) is 0 Å². The summed E-state index contributed by atoms with van der Waals surface area (Å²) in [6.07, 6.45) is 0. The Morgan fingerprint density at radius 2 is 1.48 bits per heavy atom. The van der Waals surface area contributed by atoms with Crippen molar-refractivity contribution in [1.29, 1.82) is 5.26 Å². The van der Waals surface area contributed by atoms with Gasteiger partial charge >= 0.3 is 0 Å². The molecule has 0 bridgehead atoms. The highest BCUT2D eigenvalue weighted by Crippen LogP contribution is 2.32. The number of benzene rings is 2. The molecule has 0 saturated heterocycles. The Morgan fingerprint density at radius 1 is 0.963 bits per heavy atom. The Kier molecular flexibility index (Phi) is 5.91. The summed E-state index contributed by atoms with van der Waals surface area (Å²) in [6, 6.07) is 14.2. The Hall–Kier alpha value is -2.86. The van der Waals surface area contributed by atoms with Gasteiger partial charge in [0.05, 0.1) is 5.57 Å². The molecule has 27 heavy (non-hydrogen) atoms. The first-order valence-electron chi connectivity index (χ1n) is 9.15. The van der Waals surface area contributed by atoms with Gasteiger partial charge in [-0.25, -0.2) is 0 Å². The molecule has 140 valence electrons. The molecule has 0 aliphatic heterocycles. The van der Waals surface area contributed by atoms with Gasteiger partial charge in [0.1, 0.15) is 6.07 Å². The Morgan fingerprint density at radius 3 is 1.93 bits per heavy atom. The number of nitriles is 1. The largest absolute Gasteiger partial charge is 0.324 e. The van der Waals surface area contributed by atoms with E-state index in [1.807, 2.05) is 78.8 Å². The number of amides is 1. The second kappa shape index (κ2) is 7.80. The van der Waals surface area contributed by atoms with Gasteiger partial charge in [-0.2, -0.15) is 5.26 Å². The number of aryl methyl sites for hydroxylation is 4. The molecule has 2 aromatic rings. The monoisotopic (exact) mass is 360 g/mol. The highest BCUT2D eigenvalue weighted by Gasteiger charge is 2.26. The molecule has 2 rings (SSSR count). The molecule has 0 unspecified atom stereocenters. The van der Waals surface area contributed by atoms with Crippen molar-refractivity contribution in [3.8, 4) is 6.07 Å². The summed E-state index contributed by atoms with van der Waals surface area (Å²) in [5.74, 6) is -0.173. The van der Waals surface area contributed by atoms with Crippen molar-refractivity contribution < 1.29 is 4.79 Å². The minimum atomic E-state index is -0.394. The number of nitrogens with one attached hydrogen (secondary N) is 1. The van der Waals surface area contributed by atoms with Gasteiger partial charge in [-0.05, 0) is 44.4 Å². The van der Waals surface area contributed by atoms with Crippen LogP contribution in [0.2, 0.25) is 0 Å². The minimum absolute atomic E-state index is 0.173. The smallest absolute Gasteiger partial charge is 0.256 e. The number of nitrogens with zero attached hydrogens (tertiary/aromatic N) is 1. The number of rotatable bonds is 3. The van der Waals surface area contributed by atoms with Gasteiger partial charge in [0.2, 0.25) is 0 Å². The predicted octanol–water partition coefficient (Wildman–Crippen LogP) is 5.63. The van der Waals surface area contributed by atoms with Crippen LogP contribution in [0, 0.1) is 44.4 Å². The van der Waals surface area contributed by atoms with E-state index in [2.05, 4.69) is 17.5 Å². The standard InChI is InChI=1S/C24H28N2O/c1-15-11-16(2)13-19(12-15)20(14-25)22(24(5,6)7)26-23(27)21-17(3)9-8-10-18(21)4/h8-13H,1-7H3,(H,26,27). The van der Waals surface area contributed by atoms with Gasteiger partial charge in [-0.3, -0.25) is 4.79 Å². The van der Waals surface area contributed by atoms with E-state index in [9.17, 15) is 10.1 Å². The van der Waals surface area contributed by atoms with Crippen LogP contribution in [0.3, 0.4) is 0 Å². The maximum atomic E-state index is 13.1. The van der Waals surface area contributed by atoms with Gasteiger partial charge in [-0.15, -0.1) is 0 Å². The average molecular weight is 361 g/mol. The molecule has 1 amide bonds. The number of allylic oxidation sites excluding steroid dienone is 2. The van der Waals surface area contributed by atoms with Crippen molar-refractivity contribution in [1.82, 2.24) is 5.32 Å². The molecule has 2 aromatic carbocycles. The molecule has 0 aromatic heterocycles. The fourth-order valence-electron chi connectivity index (χ4n) is 3.36. The topological polar surface area (TPSA) is 52.9 Å². The molecule has 0 spiro atoms. The van der Waals surface area contributed by atoms with Crippen LogP contribution in [0.15, 0.2) is 42.1 Å². The molecule has 3 heteroatoms. The third-order valence-corrected chi connectivity index (χ3v) is 4.57. The minimum Gasteiger partial charge on any atom is -0.324 e. The predicted molar refractivity (Wildman–Crippen MR) is 111 cm³/mol. The van der Waals surface area contributed by atoms with E-state index in [-0.39, 0.29) is 5.91 Å². The van der Waals surface area contributed by atoms with E-state index in [1.165, 1.54) is 0 Å². The van der Waals surface area contributed by atoms with Gasteiger partial charge in [-0.1, -0.05) is 68.3 Å². The summed E-state index contributed by atoms with van der Waals surface area (Å²) < 4.78 is 0. The lowest BCUT2D eigenvalue weighted by Gasteiger charge is -2.26. The maximum Gasteiger partial charge on any atom is 0.256 e. The number of hydrogen-bond donors (Lipinski definition) is 1. The molecule has 0 saturated carbocycles. The number of hydrogen-bond acceptors (Lipinski definition) is 2. The summed E-state index contributed by atoms with van der Waals surface area (Å²) >= 11 is 0. The van der Waals surface area contributed by atoms with Crippen LogP contribution < -0.4 is 5.32 Å². The fraction of sp³-hybridized carbons (Fsp3) is 0.333. The van der Waals surface area contributed by atoms with Crippen LogP contribution in [0.25, 0.3) is 5.57 Å². The van der Waals surface area contributed by atoms with Gasteiger partial charge in [0.15, 0.2) is 0 Å². The molecule has 0 radical (unpaired) electrons. The second-order valence-corrected chi connectivity index (χ2v) is 8.21. The summed E-state index contributed by atoms with van der Waals surface area (Å²) in [4.78, 5) is 13.1. The molecular weight excluding hydrogens is 332 g/mol. The van der Waals surface area contributed by atoms with Crippen LogP contribution in [-0.2, 0) is 0 Å². The molecule has 0 aliphatic carbocycles. The van der Waals surface area contributed by atoms with Crippen molar-refractivity contribution >= 4 is 11.5 Å². The zero-order valence-corrected chi connectivity index (χ0v) is 17.3. The van der Waals surface area contributed by atoms with Crippen LogP contribution in [0.4, 0.5) is 0 Å². The Bertz CT molecular complexity index is 913. The van der Waals surface area contributed by atoms with E-state index >= 15 is 0 Å². The fourth-order valence-corrected chi connectivity index (χ4v) is 3.36. The maximum absolute atomic E-state index is 13.1. The summed E-state index contributed by atoms with van der Waals surface area (Å²) in [5.41, 5.74) is 6.28. The van der Waals surface area contributed by atoms with Crippen molar-refractivity contribution in [2.75, 3.05) is 0 Å². The third kappa shape index (κ3) is 4.65. The molecular formula is C24H28N2O. The molecule has 0 heterocycles. The summed E-state index contributed by atoms with van der Waals surface area (Å²) in [7, 11) is 0. The lowest BCUT2D eigenvalue weighted by atomic mass is 9.85. The highest BCUT2D eigenvalue weighted by atomic mass is 16.1. The Labute approximate surface area is 162 Å². The quantitative estimate of drug-likeness (QED) is 0.721.